The van der Waals surface area contributed by atoms with Crippen LogP contribution in [0.3, 0.4) is 0 Å². The van der Waals surface area contributed by atoms with E-state index < -0.39 is 145 Å². The number of phenols is 1. The van der Waals surface area contributed by atoms with Crippen molar-refractivity contribution in [1.29, 1.82) is 0 Å². The summed E-state index contributed by atoms with van der Waals surface area (Å²) < 4.78 is 0. The summed E-state index contributed by atoms with van der Waals surface area (Å²) in [5.41, 5.74) is 6.52. The summed E-state index contributed by atoms with van der Waals surface area (Å²) >= 11 is 0. The molecule has 10 amide bonds. The van der Waals surface area contributed by atoms with Gasteiger partial charge in [-0.25, -0.2) is 0 Å². The summed E-state index contributed by atoms with van der Waals surface area (Å²) in [5, 5.41) is 61.1. The Balaban J connectivity index is 1.80. The molecule has 2 aromatic rings. The molecule has 0 bridgehead atoms. The molecule has 12 atom stereocenters. The predicted molar refractivity (Wildman–Crippen MR) is 252 cm³/mol. The number of hydrogen-bond acceptors (Lipinski definition) is 14. The largest absolute Gasteiger partial charge is 0.508 e. The number of aliphatic hydroxyl groups is 3. The zero-order chi connectivity index (χ0) is 52.7. The Labute approximate surface area is 410 Å². The predicted octanol–water partition coefficient (Wildman–Crippen LogP) is -4.24. The summed E-state index contributed by atoms with van der Waals surface area (Å²) in [6, 6.07) is -0.261. The smallest absolute Gasteiger partial charge is 0.246 e. The second-order valence-electron chi connectivity index (χ2n) is 17.9. The Bertz CT molecular complexity index is 2250. The first kappa shape index (κ1) is 56.4. The van der Waals surface area contributed by atoms with Crippen molar-refractivity contribution >= 4 is 59.1 Å². The number of benzene rings is 2. The van der Waals surface area contributed by atoms with E-state index >= 15 is 0 Å². The molecular formula is C47H66N10O14. The Hall–Kier alpha value is -7.18. The van der Waals surface area contributed by atoms with Crippen molar-refractivity contribution in [2.75, 3.05) is 13.2 Å². The zero-order valence-electron chi connectivity index (χ0n) is 40.2. The van der Waals surface area contributed by atoms with Crippen LogP contribution in [-0.4, -0.2) is 164 Å². The molecule has 2 fully saturated rings. The van der Waals surface area contributed by atoms with E-state index in [0.29, 0.717) is 17.5 Å². The number of fused-ring (bicyclic) bond motifs is 1. The van der Waals surface area contributed by atoms with Crippen LogP contribution in [0.2, 0.25) is 0 Å². The quantitative estimate of drug-likeness (QED) is 0.102. The molecular weight excluding hydrogens is 929 g/mol. The van der Waals surface area contributed by atoms with E-state index in [4.69, 9.17) is 5.73 Å². The Morgan fingerprint density at radius 1 is 0.620 bits per heavy atom. The topological polar surface area (TPSA) is 377 Å². The molecule has 2 aliphatic rings. The van der Waals surface area contributed by atoms with E-state index in [9.17, 15) is 68.4 Å². The first-order valence-corrected chi connectivity index (χ1v) is 23.4. The maximum absolute atomic E-state index is 14.4. The summed E-state index contributed by atoms with van der Waals surface area (Å²) in [6.07, 6.45) is -3.88. The highest BCUT2D eigenvalue weighted by molar-refractivity contribution is 6.00. The van der Waals surface area contributed by atoms with Gasteiger partial charge in [0.05, 0.1) is 25.2 Å². The molecule has 0 aliphatic carbocycles. The van der Waals surface area contributed by atoms with Crippen LogP contribution in [0.5, 0.6) is 5.75 Å². The number of carbonyl (C=O) groups is 10. The molecule has 0 unspecified atom stereocenters. The molecule has 2 heterocycles. The van der Waals surface area contributed by atoms with E-state index in [2.05, 4.69) is 42.5 Å². The molecule has 388 valence electrons. The van der Waals surface area contributed by atoms with Crippen molar-refractivity contribution in [3.63, 3.8) is 0 Å². The fourth-order valence-electron chi connectivity index (χ4n) is 7.96. The maximum atomic E-state index is 14.4. The average molecular weight is 995 g/mol. The Kier molecular flexibility index (Phi) is 20.8. The fraction of sp³-hybridized carbons (Fsp3) is 0.532. The molecule has 2 aromatic carbocycles. The second-order valence-corrected chi connectivity index (χ2v) is 17.9. The fourth-order valence-corrected chi connectivity index (χ4v) is 7.96. The number of amides is 10. The number of carbonyl (C=O) groups excluding carboxylic acids is 10. The lowest BCUT2D eigenvalue weighted by Gasteiger charge is -2.31. The summed E-state index contributed by atoms with van der Waals surface area (Å²) in [5.74, 6) is -10.8. The first-order valence-electron chi connectivity index (χ1n) is 23.4. The monoisotopic (exact) mass is 994 g/mol. The molecule has 0 aromatic heterocycles. The zero-order valence-corrected chi connectivity index (χ0v) is 40.2. The second kappa shape index (κ2) is 26.1. The lowest BCUT2D eigenvalue weighted by Crippen LogP contribution is -2.64. The van der Waals surface area contributed by atoms with Gasteiger partial charge in [0.1, 0.15) is 60.1 Å². The molecule has 24 heteroatoms. The van der Waals surface area contributed by atoms with Gasteiger partial charge in [-0.05, 0) is 62.8 Å². The number of nitrogens with two attached hydrogens (primary N) is 1. The van der Waals surface area contributed by atoms with E-state index in [-0.39, 0.29) is 38.0 Å². The number of hydrogen-bond donors (Lipinski definition) is 13. The van der Waals surface area contributed by atoms with Gasteiger partial charge in [0.2, 0.25) is 59.1 Å². The number of rotatable bonds is 11. The van der Waals surface area contributed by atoms with Crippen LogP contribution in [0.15, 0.2) is 54.6 Å². The highest BCUT2D eigenvalue weighted by atomic mass is 16.3. The van der Waals surface area contributed by atoms with Crippen molar-refractivity contribution in [2.24, 2.45) is 11.7 Å². The van der Waals surface area contributed by atoms with Gasteiger partial charge in [0.25, 0.3) is 0 Å². The van der Waals surface area contributed by atoms with Gasteiger partial charge in [0.15, 0.2) is 0 Å². The summed E-state index contributed by atoms with van der Waals surface area (Å²) in [7, 11) is 0. The molecule has 0 saturated carbocycles. The molecule has 2 saturated heterocycles. The minimum absolute atomic E-state index is 0.0398. The van der Waals surface area contributed by atoms with E-state index in [0.717, 1.165) is 18.7 Å². The van der Waals surface area contributed by atoms with Gasteiger partial charge in [-0.2, -0.15) is 0 Å². The van der Waals surface area contributed by atoms with Crippen molar-refractivity contribution in [2.45, 2.75) is 140 Å². The highest BCUT2D eigenvalue weighted by Crippen LogP contribution is 2.21. The van der Waals surface area contributed by atoms with Crippen molar-refractivity contribution in [3.8, 4) is 5.75 Å². The maximum Gasteiger partial charge on any atom is 0.246 e. The van der Waals surface area contributed by atoms with Crippen molar-refractivity contribution in [1.82, 2.24) is 47.4 Å². The number of primary amides is 1. The molecule has 24 nitrogen and oxygen atoms in total. The molecule has 2 aliphatic heterocycles. The number of nitrogens with one attached hydrogen (secondary N) is 8. The van der Waals surface area contributed by atoms with Crippen LogP contribution in [-0.2, 0) is 60.8 Å². The summed E-state index contributed by atoms with van der Waals surface area (Å²) in [4.78, 5) is 139. The average Bonchev–Trinajstić information content (AvgIpc) is 3.82. The minimum atomic E-state index is -1.86. The highest BCUT2D eigenvalue weighted by Gasteiger charge is 2.42. The molecule has 0 radical (unpaired) electrons. The third kappa shape index (κ3) is 15.9. The number of aliphatic hydroxyl groups excluding tert-OH is 3. The number of nitrogens with zero attached hydrogens (tertiary/aromatic N) is 1. The van der Waals surface area contributed by atoms with Crippen LogP contribution < -0.4 is 48.3 Å². The third-order valence-corrected chi connectivity index (χ3v) is 12.3. The van der Waals surface area contributed by atoms with Crippen LogP contribution in [0.4, 0.5) is 0 Å². The van der Waals surface area contributed by atoms with Crippen LogP contribution in [0.25, 0.3) is 0 Å². The van der Waals surface area contributed by atoms with Gasteiger partial charge in [-0.15, -0.1) is 0 Å². The van der Waals surface area contributed by atoms with E-state index in [1.165, 1.54) is 31.2 Å². The SMILES string of the molecule is CC[C@H](C)[C@@H]1NC(=O)[C@H](CO)NC(=O)[C@H]([C@@H](C)O)NC(=O)[C@H]([C@@H](C)O)NC(=O)[C@H](Cc2ccccc2)NC(=O)[C@@H]2CCCN2C(=O)[C@H](CC(N)=O)NC(=O)[C@H](Cc2ccc(O)cc2)NC(=O)[C@H](C)NC1=O. The molecule has 0 spiro atoms. The van der Waals surface area contributed by atoms with Gasteiger partial charge >= 0.3 is 0 Å². The van der Waals surface area contributed by atoms with Crippen molar-refractivity contribution < 1.29 is 68.4 Å². The first-order chi connectivity index (χ1) is 33.5. The lowest BCUT2D eigenvalue weighted by molar-refractivity contribution is -0.143. The van der Waals surface area contributed by atoms with Crippen LogP contribution >= 0.6 is 0 Å². The summed E-state index contributed by atoms with van der Waals surface area (Å²) in [6.45, 7) is 5.77. The molecule has 4 rings (SSSR count). The van der Waals surface area contributed by atoms with Crippen LogP contribution in [0, 0.1) is 5.92 Å². The Morgan fingerprint density at radius 3 is 1.63 bits per heavy atom. The molecule has 14 N–H and O–H groups in total. The standard InChI is InChI=1S/C47H66N10O14/c1-6-23(2)36-44(68)49-24(3)39(63)50-30(20-28-14-16-29(61)17-15-28)40(64)52-32(21-35(48)62)47(71)57-18-10-13-34(57)43(67)51-31(19-27-11-8-7-9-12-27)41(65)55-38(26(5)60)46(70)56-37(25(4)59)45(69)53-33(22-58)42(66)54-36/h7-9,11-12,14-17,23-26,30-34,36-38,58-61H,6,10,13,18-22H2,1-5H3,(H2,48,62)(H,49,68)(H,50,63)(H,51,67)(H,52,64)(H,53,69)(H,54,66)(H,55,65)(H,56,70)/t23-,24-,25+,26+,30-,31-,32-,33-,34-,36-,37-,38-/m0/s1. The lowest BCUT2D eigenvalue weighted by atomic mass is 9.97. The van der Waals surface area contributed by atoms with E-state index in [1.807, 2.05) is 0 Å². The minimum Gasteiger partial charge on any atom is -0.508 e. The Morgan fingerprint density at radius 2 is 1.08 bits per heavy atom. The van der Waals surface area contributed by atoms with Gasteiger partial charge < -0.3 is 73.6 Å². The van der Waals surface area contributed by atoms with Gasteiger partial charge in [-0.1, -0.05) is 62.7 Å². The molecule has 71 heavy (non-hydrogen) atoms. The normalized spacial score (nSPS) is 27.4. The van der Waals surface area contributed by atoms with Gasteiger partial charge in [0, 0.05) is 19.4 Å². The van der Waals surface area contributed by atoms with Crippen LogP contribution in [0.1, 0.15) is 71.4 Å². The van der Waals surface area contributed by atoms with E-state index in [1.54, 1.807) is 44.2 Å². The number of aromatic hydroxyl groups is 1. The third-order valence-electron chi connectivity index (χ3n) is 12.3. The number of phenolic OH excluding ortho intramolecular Hbond substituents is 1. The van der Waals surface area contributed by atoms with Crippen molar-refractivity contribution in [3.05, 3.63) is 65.7 Å². The van der Waals surface area contributed by atoms with Gasteiger partial charge in [-0.3, -0.25) is 47.9 Å².